The van der Waals surface area contributed by atoms with Crippen molar-refractivity contribution in [1.82, 2.24) is 29.5 Å². The number of primary amides is 1. The summed E-state index contributed by atoms with van der Waals surface area (Å²) in [7, 11) is 1.79. The number of carbonyl (C=O) groups excluding carboxylic acids is 2. The highest BCUT2D eigenvalue weighted by atomic mass is 19.3. The molecule has 0 unspecified atom stereocenters. The fourth-order valence-corrected chi connectivity index (χ4v) is 4.88. The van der Waals surface area contributed by atoms with Crippen molar-refractivity contribution in [2.24, 2.45) is 12.8 Å². The number of alkyl halides is 2. The van der Waals surface area contributed by atoms with Crippen LogP contribution in [0.5, 0.6) is 5.88 Å². The number of ether oxygens (including phenoxy) is 1. The number of imidazole rings is 1. The molecule has 4 aromatic heterocycles. The molecular weight excluding hydrogens is 496 g/mol. The van der Waals surface area contributed by atoms with Crippen LogP contribution in [0.4, 0.5) is 8.78 Å². The van der Waals surface area contributed by atoms with Gasteiger partial charge in [-0.2, -0.15) is 5.10 Å². The number of amides is 2. The quantitative estimate of drug-likeness (QED) is 0.381. The third-order valence-corrected chi connectivity index (χ3v) is 6.72. The van der Waals surface area contributed by atoms with Crippen LogP contribution >= 0.6 is 0 Å². The molecule has 4 heterocycles. The van der Waals surface area contributed by atoms with Gasteiger partial charge in [-0.05, 0) is 50.8 Å². The molecule has 3 N–H and O–H groups in total. The van der Waals surface area contributed by atoms with Crippen molar-refractivity contribution in [2.45, 2.75) is 51.2 Å². The van der Waals surface area contributed by atoms with Crippen LogP contribution in [0.2, 0.25) is 0 Å². The molecule has 0 spiro atoms. The molecule has 0 saturated heterocycles. The zero-order valence-corrected chi connectivity index (χ0v) is 20.9. The average molecular weight is 524 g/mol. The number of aryl methyl sites for hydroxylation is 2. The first-order chi connectivity index (χ1) is 18.2. The summed E-state index contributed by atoms with van der Waals surface area (Å²) in [4.78, 5) is 32.9. The van der Waals surface area contributed by atoms with Crippen molar-refractivity contribution in [1.29, 1.82) is 0 Å². The van der Waals surface area contributed by atoms with Gasteiger partial charge in [-0.25, -0.2) is 18.7 Å². The van der Waals surface area contributed by atoms with Crippen LogP contribution in [0, 0.1) is 6.92 Å². The lowest BCUT2D eigenvalue weighted by Crippen LogP contribution is -2.40. The van der Waals surface area contributed by atoms with Crippen LogP contribution in [0.15, 0.2) is 42.9 Å². The molecule has 12 heteroatoms. The van der Waals surface area contributed by atoms with Crippen LogP contribution in [0.1, 0.15) is 64.5 Å². The van der Waals surface area contributed by atoms with Gasteiger partial charge in [-0.1, -0.05) is 6.07 Å². The minimum Gasteiger partial charge on any atom is -0.474 e. The number of nitrogens with zero attached hydrogens (tertiary/aromatic N) is 5. The molecule has 10 nitrogen and oxygen atoms in total. The van der Waals surface area contributed by atoms with Gasteiger partial charge in [0, 0.05) is 42.8 Å². The molecule has 198 valence electrons. The van der Waals surface area contributed by atoms with Gasteiger partial charge < -0.3 is 15.8 Å². The van der Waals surface area contributed by atoms with Crippen molar-refractivity contribution < 1.29 is 23.1 Å². The van der Waals surface area contributed by atoms with Gasteiger partial charge in [0.1, 0.15) is 11.7 Å². The van der Waals surface area contributed by atoms with E-state index < -0.39 is 24.1 Å². The van der Waals surface area contributed by atoms with Crippen molar-refractivity contribution in [3.8, 4) is 17.0 Å². The summed E-state index contributed by atoms with van der Waals surface area (Å²) < 4.78 is 36.6. The van der Waals surface area contributed by atoms with Crippen LogP contribution in [-0.4, -0.2) is 48.1 Å². The predicted molar refractivity (Wildman–Crippen MR) is 134 cm³/mol. The molecule has 1 saturated carbocycles. The van der Waals surface area contributed by atoms with E-state index in [9.17, 15) is 18.4 Å². The van der Waals surface area contributed by atoms with Gasteiger partial charge >= 0.3 is 0 Å². The van der Waals surface area contributed by atoms with Crippen LogP contribution in [0.25, 0.3) is 16.6 Å². The molecule has 0 aliphatic heterocycles. The first-order valence-electron chi connectivity index (χ1n) is 12.2. The van der Waals surface area contributed by atoms with E-state index in [1.54, 1.807) is 42.2 Å². The SMILES string of the molecule is Cc1nn(C)cc1-c1ccc2c(C(=O)NC3CCC(Oc4ncccc4C(N)=O)CC3)nc(C(F)F)n2c1. The number of nitrogens with one attached hydrogen (secondary N) is 1. The molecule has 0 atom stereocenters. The zero-order chi connectivity index (χ0) is 27.0. The largest absolute Gasteiger partial charge is 0.474 e. The van der Waals surface area contributed by atoms with E-state index in [1.165, 1.54) is 10.6 Å². The molecule has 5 rings (SSSR count). The van der Waals surface area contributed by atoms with E-state index in [0.717, 1.165) is 11.3 Å². The summed E-state index contributed by atoms with van der Waals surface area (Å²) in [6.45, 7) is 1.84. The molecular formula is C26H27F2N7O3. The minimum absolute atomic E-state index is 0.0484. The second-order valence-electron chi connectivity index (χ2n) is 9.38. The highest BCUT2D eigenvalue weighted by molar-refractivity contribution is 5.99. The maximum Gasteiger partial charge on any atom is 0.295 e. The van der Waals surface area contributed by atoms with Crippen molar-refractivity contribution in [3.63, 3.8) is 0 Å². The number of halogens is 2. The number of carbonyl (C=O) groups is 2. The van der Waals surface area contributed by atoms with Crippen molar-refractivity contribution in [3.05, 3.63) is 65.6 Å². The molecule has 1 aliphatic carbocycles. The highest BCUT2D eigenvalue weighted by Crippen LogP contribution is 2.29. The van der Waals surface area contributed by atoms with E-state index in [-0.39, 0.29) is 29.3 Å². The maximum atomic E-state index is 13.9. The highest BCUT2D eigenvalue weighted by Gasteiger charge is 2.28. The molecule has 4 aromatic rings. The Balaban J connectivity index is 1.30. The second-order valence-corrected chi connectivity index (χ2v) is 9.38. The Morgan fingerprint density at radius 3 is 2.58 bits per heavy atom. The van der Waals surface area contributed by atoms with E-state index in [2.05, 4.69) is 20.4 Å². The number of nitrogens with two attached hydrogens (primary N) is 1. The third-order valence-electron chi connectivity index (χ3n) is 6.72. The topological polar surface area (TPSA) is 129 Å². The van der Waals surface area contributed by atoms with Gasteiger partial charge in [-0.15, -0.1) is 0 Å². The van der Waals surface area contributed by atoms with Gasteiger partial charge in [0.25, 0.3) is 18.2 Å². The molecule has 1 fully saturated rings. The summed E-state index contributed by atoms with van der Waals surface area (Å²) in [6, 6.07) is 6.39. The number of pyridine rings is 2. The molecule has 2 amide bonds. The van der Waals surface area contributed by atoms with E-state index >= 15 is 0 Å². The Labute approximate surface area is 216 Å². The molecule has 1 aliphatic rings. The molecule has 0 aromatic carbocycles. The standard InChI is InChI=1S/C26H27F2N7O3/c1-14-19(13-34(2)33-14)15-5-10-20-21(32-24(22(27)28)35(20)12-15)25(37)31-16-6-8-17(9-7-16)38-26-18(23(29)36)4-3-11-30-26/h3-5,10-13,16-17,22H,6-9H2,1-2H3,(H2,29,36)(H,31,37). The Morgan fingerprint density at radius 2 is 1.92 bits per heavy atom. The summed E-state index contributed by atoms with van der Waals surface area (Å²) in [5.74, 6) is -1.43. The Kier molecular flexibility index (Phi) is 6.79. The number of fused-ring (bicyclic) bond motifs is 1. The average Bonchev–Trinajstić information content (AvgIpc) is 3.44. The lowest BCUT2D eigenvalue weighted by Gasteiger charge is -2.29. The third kappa shape index (κ3) is 4.93. The number of rotatable bonds is 7. The monoisotopic (exact) mass is 523 g/mol. The van der Waals surface area contributed by atoms with E-state index in [0.29, 0.717) is 36.8 Å². The smallest absolute Gasteiger partial charge is 0.295 e. The molecule has 38 heavy (non-hydrogen) atoms. The lowest BCUT2D eigenvalue weighted by molar-refractivity contribution is 0.0877. The number of aromatic nitrogens is 5. The summed E-state index contributed by atoms with van der Waals surface area (Å²) in [5.41, 5.74) is 8.12. The second kappa shape index (κ2) is 10.2. The first kappa shape index (κ1) is 25.3. The fourth-order valence-electron chi connectivity index (χ4n) is 4.88. The molecule has 0 bridgehead atoms. The van der Waals surface area contributed by atoms with E-state index in [1.807, 2.05) is 13.1 Å². The van der Waals surface area contributed by atoms with Crippen LogP contribution < -0.4 is 15.8 Å². The summed E-state index contributed by atoms with van der Waals surface area (Å²) >= 11 is 0. The van der Waals surface area contributed by atoms with Crippen molar-refractivity contribution in [2.75, 3.05) is 0 Å². The molecule has 0 radical (unpaired) electrons. The van der Waals surface area contributed by atoms with Crippen LogP contribution in [0.3, 0.4) is 0 Å². The lowest BCUT2D eigenvalue weighted by atomic mass is 9.93. The Bertz CT molecular complexity index is 1510. The predicted octanol–water partition coefficient (Wildman–Crippen LogP) is 3.59. The van der Waals surface area contributed by atoms with Gasteiger partial charge in [-0.3, -0.25) is 18.7 Å². The van der Waals surface area contributed by atoms with Gasteiger partial charge in [0.2, 0.25) is 5.88 Å². The summed E-state index contributed by atoms with van der Waals surface area (Å²) in [6.07, 6.45) is 4.27. The zero-order valence-electron chi connectivity index (χ0n) is 20.9. The van der Waals surface area contributed by atoms with E-state index in [4.69, 9.17) is 10.5 Å². The Morgan fingerprint density at radius 1 is 1.16 bits per heavy atom. The van der Waals surface area contributed by atoms with Gasteiger partial charge in [0.15, 0.2) is 11.5 Å². The van der Waals surface area contributed by atoms with Gasteiger partial charge in [0.05, 0.1) is 11.2 Å². The van der Waals surface area contributed by atoms with Crippen molar-refractivity contribution >= 4 is 17.3 Å². The maximum absolute atomic E-state index is 13.9. The number of hydrogen-bond acceptors (Lipinski definition) is 6. The fraction of sp³-hybridized carbons (Fsp3) is 0.346. The normalized spacial score (nSPS) is 17.6. The first-order valence-corrected chi connectivity index (χ1v) is 12.2. The van der Waals surface area contributed by atoms with Crippen LogP contribution in [-0.2, 0) is 7.05 Å². The summed E-state index contributed by atoms with van der Waals surface area (Å²) in [5, 5.41) is 7.24. The minimum atomic E-state index is -2.86. The number of hydrogen-bond donors (Lipinski definition) is 2. The Hall–Kier alpha value is -4.35.